The minimum absolute atomic E-state index is 0.285. The molecule has 0 amide bonds. The van der Waals surface area contributed by atoms with Crippen molar-refractivity contribution in [3.8, 4) is 6.07 Å². The fraction of sp³-hybridized carbons (Fsp3) is 0.200. The van der Waals surface area contributed by atoms with Crippen molar-refractivity contribution in [3.63, 3.8) is 0 Å². The van der Waals surface area contributed by atoms with Crippen LogP contribution in [0.3, 0.4) is 0 Å². The monoisotopic (exact) mass is 172 g/mol. The summed E-state index contributed by atoms with van der Waals surface area (Å²) in [6, 6.07) is 9.57. The molecule has 1 aromatic carbocycles. The van der Waals surface area contributed by atoms with Gasteiger partial charge in [-0.15, -0.1) is 0 Å². The number of hydrogen-bond acceptors (Lipinski definition) is 3. The molecular formula is C10H8N2O. The van der Waals surface area contributed by atoms with E-state index in [1.807, 2.05) is 24.3 Å². The number of hydrogen-bond donors (Lipinski definition) is 0. The van der Waals surface area contributed by atoms with Crippen molar-refractivity contribution in [2.75, 3.05) is 0 Å². The number of oxazole rings is 1. The molecule has 0 bridgehead atoms. The Hall–Kier alpha value is -1.82. The van der Waals surface area contributed by atoms with Crippen molar-refractivity contribution < 1.29 is 4.42 Å². The van der Waals surface area contributed by atoms with Crippen molar-refractivity contribution in [1.29, 1.82) is 5.26 Å². The molecule has 1 atom stereocenters. The molecule has 0 aliphatic heterocycles. The lowest BCUT2D eigenvalue weighted by Crippen LogP contribution is -1.87. The van der Waals surface area contributed by atoms with Crippen LogP contribution in [0.5, 0.6) is 0 Å². The van der Waals surface area contributed by atoms with E-state index in [2.05, 4.69) is 11.1 Å². The summed E-state index contributed by atoms with van der Waals surface area (Å²) in [7, 11) is 0. The van der Waals surface area contributed by atoms with Crippen LogP contribution in [0, 0.1) is 11.3 Å². The van der Waals surface area contributed by atoms with E-state index in [0.717, 1.165) is 11.1 Å². The van der Waals surface area contributed by atoms with Gasteiger partial charge >= 0.3 is 0 Å². The van der Waals surface area contributed by atoms with Crippen LogP contribution in [-0.2, 0) is 0 Å². The van der Waals surface area contributed by atoms with Gasteiger partial charge in [-0.2, -0.15) is 5.26 Å². The highest BCUT2D eigenvalue weighted by Gasteiger charge is 2.11. The van der Waals surface area contributed by atoms with Gasteiger partial charge in [0.2, 0.25) is 5.89 Å². The molecule has 0 saturated carbocycles. The molecule has 0 aliphatic carbocycles. The zero-order chi connectivity index (χ0) is 9.26. The lowest BCUT2D eigenvalue weighted by atomic mass is 10.2. The molecule has 13 heavy (non-hydrogen) atoms. The predicted octanol–water partition coefficient (Wildman–Crippen LogP) is 2.45. The van der Waals surface area contributed by atoms with Gasteiger partial charge in [0, 0.05) is 0 Å². The molecule has 0 N–H and O–H groups in total. The maximum absolute atomic E-state index is 8.66. The highest BCUT2D eigenvalue weighted by molar-refractivity contribution is 5.72. The number of aromatic nitrogens is 1. The van der Waals surface area contributed by atoms with E-state index in [4.69, 9.17) is 9.68 Å². The van der Waals surface area contributed by atoms with E-state index < -0.39 is 0 Å². The molecule has 64 valence electrons. The standard InChI is InChI=1S/C10H8N2O/c1-7(6-11)10-12-8-4-2-3-5-9(8)13-10/h2-5,7H,1H3. The Morgan fingerprint density at radius 2 is 2.23 bits per heavy atom. The lowest BCUT2D eigenvalue weighted by Gasteiger charge is -1.90. The highest BCUT2D eigenvalue weighted by Crippen LogP contribution is 2.20. The van der Waals surface area contributed by atoms with Crippen molar-refractivity contribution in [1.82, 2.24) is 4.98 Å². The zero-order valence-corrected chi connectivity index (χ0v) is 7.19. The first-order chi connectivity index (χ1) is 6.31. The molecule has 1 unspecified atom stereocenters. The van der Waals surface area contributed by atoms with Crippen LogP contribution in [-0.4, -0.2) is 4.98 Å². The molecule has 2 aromatic rings. The van der Waals surface area contributed by atoms with E-state index in [0.29, 0.717) is 5.89 Å². The summed E-state index contributed by atoms with van der Waals surface area (Å²) in [5.74, 6) is 0.205. The molecule has 3 heteroatoms. The van der Waals surface area contributed by atoms with E-state index in [1.165, 1.54) is 0 Å². The Kier molecular flexibility index (Phi) is 1.75. The average molecular weight is 172 g/mol. The molecule has 3 nitrogen and oxygen atoms in total. The SMILES string of the molecule is CC(C#N)c1nc2ccccc2o1. The van der Waals surface area contributed by atoms with Gasteiger partial charge < -0.3 is 4.42 Å². The first-order valence-electron chi connectivity index (χ1n) is 4.06. The zero-order valence-electron chi connectivity index (χ0n) is 7.19. The minimum atomic E-state index is -0.285. The van der Waals surface area contributed by atoms with Crippen LogP contribution < -0.4 is 0 Å². The Morgan fingerprint density at radius 1 is 1.46 bits per heavy atom. The summed E-state index contributed by atoms with van der Waals surface area (Å²) in [6.07, 6.45) is 0. The van der Waals surface area contributed by atoms with Crippen LogP contribution in [0.1, 0.15) is 18.7 Å². The number of nitriles is 1. The topological polar surface area (TPSA) is 49.8 Å². The van der Waals surface area contributed by atoms with E-state index in [1.54, 1.807) is 6.92 Å². The lowest BCUT2D eigenvalue weighted by molar-refractivity contribution is 0.520. The number of fused-ring (bicyclic) bond motifs is 1. The Balaban J connectivity index is 2.57. The normalized spacial score (nSPS) is 12.6. The van der Waals surface area contributed by atoms with Crippen LogP contribution in [0.4, 0.5) is 0 Å². The third-order valence-electron chi connectivity index (χ3n) is 1.87. The first kappa shape index (κ1) is 7.81. The van der Waals surface area contributed by atoms with Gasteiger partial charge in [-0.1, -0.05) is 12.1 Å². The van der Waals surface area contributed by atoms with Crippen molar-refractivity contribution in [2.24, 2.45) is 0 Å². The van der Waals surface area contributed by atoms with Gasteiger partial charge in [-0.05, 0) is 19.1 Å². The maximum Gasteiger partial charge on any atom is 0.212 e. The summed E-state index contributed by atoms with van der Waals surface area (Å²) in [4.78, 5) is 4.19. The fourth-order valence-corrected chi connectivity index (χ4v) is 1.13. The van der Waals surface area contributed by atoms with E-state index >= 15 is 0 Å². The molecule has 1 aromatic heterocycles. The van der Waals surface area contributed by atoms with Crippen molar-refractivity contribution in [3.05, 3.63) is 30.2 Å². The van der Waals surface area contributed by atoms with Gasteiger partial charge in [-0.3, -0.25) is 0 Å². The summed E-state index contributed by atoms with van der Waals surface area (Å²) in [5.41, 5.74) is 1.54. The molecule has 2 rings (SSSR count). The summed E-state index contributed by atoms with van der Waals surface area (Å²) < 4.78 is 5.39. The molecule has 1 heterocycles. The smallest absolute Gasteiger partial charge is 0.212 e. The molecule has 0 saturated heterocycles. The Labute approximate surface area is 75.6 Å². The average Bonchev–Trinajstić information content (AvgIpc) is 2.59. The second kappa shape index (κ2) is 2.91. The Bertz CT molecular complexity index is 434. The van der Waals surface area contributed by atoms with Gasteiger partial charge in [0.05, 0.1) is 6.07 Å². The van der Waals surface area contributed by atoms with Crippen molar-refractivity contribution >= 4 is 11.1 Å². The van der Waals surface area contributed by atoms with Crippen LogP contribution >= 0.6 is 0 Å². The van der Waals surface area contributed by atoms with Crippen LogP contribution in [0.15, 0.2) is 28.7 Å². The van der Waals surface area contributed by atoms with E-state index in [9.17, 15) is 0 Å². The number of nitrogens with zero attached hydrogens (tertiary/aromatic N) is 2. The van der Waals surface area contributed by atoms with E-state index in [-0.39, 0.29) is 5.92 Å². The first-order valence-corrected chi connectivity index (χ1v) is 4.06. The largest absolute Gasteiger partial charge is 0.439 e. The highest BCUT2D eigenvalue weighted by atomic mass is 16.3. The second-order valence-electron chi connectivity index (χ2n) is 2.87. The van der Waals surface area contributed by atoms with Gasteiger partial charge in [0.25, 0.3) is 0 Å². The van der Waals surface area contributed by atoms with Crippen LogP contribution in [0.2, 0.25) is 0 Å². The molecular weight excluding hydrogens is 164 g/mol. The molecule has 0 spiro atoms. The third kappa shape index (κ3) is 1.27. The molecule has 0 fully saturated rings. The second-order valence-corrected chi connectivity index (χ2v) is 2.87. The van der Waals surface area contributed by atoms with Crippen molar-refractivity contribution in [2.45, 2.75) is 12.8 Å². The third-order valence-corrected chi connectivity index (χ3v) is 1.87. The summed E-state index contributed by atoms with van der Waals surface area (Å²) in [5, 5.41) is 8.66. The quantitative estimate of drug-likeness (QED) is 0.663. The number of benzene rings is 1. The summed E-state index contributed by atoms with van der Waals surface area (Å²) >= 11 is 0. The predicted molar refractivity (Wildman–Crippen MR) is 48.0 cm³/mol. The van der Waals surface area contributed by atoms with Gasteiger partial charge in [0.1, 0.15) is 11.4 Å². The number of rotatable bonds is 1. The Morgan fingerprint density at radius 3 is 2.92 bits per heavy atom. The minimum Gasteiger partial charge on any atom is -0.439 e. The molecule has 0 radical (unpaired) electrons. The maximum atomic E-state index is 8.66. The number of para-hydroxylation sites is 2. The van der Waals surface area contributed by atoms with Gasteiger partial charge in [0.15, 0.2) is 5.58 Å². The molecule has 0 aliphatic rings. The fourth-order valence-electron chi connectivity index (χ4n) is 1.13. The van der Waals surface area contributed by atoms with Crippen LogP contribution in [0.25, 0.3) is 11.1 Å². The van der Waals surface area contributed by atoms with Gasteiger partial charge in [-0.25, -0.2) is 4.98 Å². The summed E-state index contributed by atoms with van der Waals surface area (Å²) in [6.45, 7) is 1.77.